The summed E-state index contributed by atoms with van der Waals surface area (Å²) in [5, 5.41) is 16.4. The second kappa shape index (κ2) is 3.27. The maximum Gasteiger partial charge on any atom is 0.224 e. The first kappa shape index (κ1) is 9.56. The number of hydrogen-bond acceptors (Lipinski definition) is 4. The van der Waals surface area contributed by atoms with Gasteiger partial charge in [0.1, 0.15) is 0 Å². The summed E-state index contributed by atoms with van der Waals surface area (Å²) >= 11 is 0. The molecule has 4 unspecified atom stereocenters. The molecule has 1 heterocycles. The van der Waals surface area contributed by atoms with Gasteiger partial charge in [0.05, 0.1) is 6.54 Å². The Bertz CT molecular complexity index is 429. The van der Waals surface area contributed by atoms with Crippen LogP contribution in [-0.2, 0) is 11.3 Å². The monoisotopic (exact) mass is 233 g/mol. The lowest BCUT2D eigenvalue weighted by atomic mass is 10.0. The number of hydrogen-bond donors (Lipinski definition) is 2. The molecule has 2 N–H and O–H groups in total. The minimum Gasteiger partial charge on any atom is -0.348 e. The summed E-state index contributed by atoms with van der Waals surface area (Å²) in [6.45, 7) is 0.389. The van der Waals surface area contributed by atoms with Crippen molar-refractivity contribution in [1.29, 1.82) is 0 Å². The zero-order chi connectivity index (χ0) is 11.4. The number of carbonyl (C=O) groups is 1. The fourth-order valence-corrected chi connectivity index (χ4v) is 4.22. The van der Waals surface area contributed by atoms with Gasteiger partial charge in [0, 0.05) is 5.92 Å². The topological polar surface area (TPSA) is 83.6 Å². The highest BCUT2D eigenvalue weighted by Crippen LogP contribution is 2.69. The molecule has 0 aliphatic heterocycles. The molecule has 4 atom stereocenters. The van der Waals surface area contributed by atoms with Gasteiger partial charge in [-0.3, -0.25) is 4.79 Å². The van der Waals surface area contributed by atoms with Gasteiger partial charge >= 0.3 is 0 Å². The fourth-order valence-electron chi connectivity index (χ4n) is 4.22. The molecule has 6 heteroatoms. The lowest BCUT2D eigenvalue weighted by molar-refractivity contribution is -0.123. The second-order valence-corrected chi connectivity index (χ2v) is 5.56. The van der Waals surface area contributed by atoms with E-state index in [4.69, 9.17) is 0 Å². The van der Waals surface area contributed by atoms with Gasteiger partial charge in [-0.2, -0.15) is 5.21 Å². The number of rotatable bonds is 3. The number of nitrogens with one attached hydrogen (secondary N) is 2. The Labute approximate surface area is 98.5 Å². The van der Waals surface area contributed by atoms with E-state index in [-0.39, 0.29) is 11.8 Å². The summed E-state index contributed by atoms with van der Waals surface area (Å²) in [5.41, 5.74) is 0. The third kappa shape index (κ3) is 1.33. The van der Waals surface area contributed by atoms with E-state index < -0.39 is 0 Å². The molecule has 90 valence electrons. The van der Waals surface area contributed by atoms with Crippen LogP contribution in [0.15, 0.2) is 0 Å². The molecule has 6 nitrogen and oxygen atoms in total. The van der Waals surface area contributed by atoms with Crippen LogP contribution in [0.5, 0.6) is 0 Å². The van der Waals surface area contributed by atoms with Crippen LogP contribution in [0.2, 0.25) is 0 Å². The normalized spacial score (nSPS) is 41.3. The number of amides is 1. The average Bonchev–Trinajstić information content (AvgIpc) is 2.80. The molecule has 4 rings (SSSR count). The van der Waals surface area contributed by atoms with Crippen LogP contribution in [0.4, 0.5) is 0 Å². The van der Waals surface area contributed by atoms with Crippen molar-refractivity contribution in [3.8, 4) is 0 Å². The summed E-state index contributed by atoms with van der Waals surface area (Å²) < 4.78 is 0. The molecule has 3 aliphatic rings. The largest absolute Gasteiger partial charge is 0.348 e. The van der Waals surface area contributed by atoms with Crippen molar-refractivity contribution >= 4 is 5.91 Å². The van der Waals surface area contributed by atoms with E-state index in [0.717, 1.165) is 11.8 Å². The lowest BCUT2D eigenvalue weighted by Gasteiger charge is -2.08. The van der Waals surface area contributed by atoms with Gasteiger partial charge in [-0.15, -0.1) is 10.2 Å². The van der Waals surface area contributed by atoms with E-state index in [2.05, 4.69) is 25.9 Å². The SMILES string of the molecule is O=C(NCc1nn[nH]n1)C1C2C3CCC(C3)C12. The molecule has 0 aromatic carbocycles. The zero-order valence-electron chi connectivity index (χ0n) is 9.47. The molecular weight excluding hydrogens is 218 g/mol. The molecule has 3 saturated carbocycles. The van der Waals surface area contributed by atoms with Crippen LogP contribution in [0.1, 0.15) is 25.1 Å². The van der Waals surface area contributed by atoms with Crippen LogP contribution < -0.4 is 5.32 Å². The van der Waals surface area contributed by atoms with Gasteiger partial charge in [0.25, 0.3) is 0 Å². The number of tetrazole rings is 1. The standard InChI is InChI=1S/C11H15N5O/c17-11(12-4-7-13-15-16-14-7)10-8-5-1-2-6(3-5)9(8)10/h5-6,8-10H,1-4H2,(H,12,17)(H,13,14,15,16). The first-order valence-electron chi connectivity index (χ1n) is 6.34. The average molecular weight is 233 g/mol. The first-order chi connectivity index (χ1) is 8.34. The van der Waals surface area contributed by atoms with Gasteiger partial charge in [0.15, 0.2) is 5.82 Å². The molecule has 0 radical (unpaired) electrons. The van der Waals surface area contributed by atoms with Crippen molar-refractivity contribution < 1.29 is 4.79 Å². The minimum atomic E-state index is 0.196. The summed E-state index contributed by atoms with van der Waals surface area (Å²) in [6.07, 6.45) is 4.07. The van der Waals surface area contributed by atoms with Crippen molar-refractivity contribution in [1.82, 2.24) is 25.9 Å². The van der Waals surface area contributed by atoms with E-state index in [9.17, 15) is 4.79 Å². The molecule has 0 saturated heterocycles. The molecule has 2 bridgehead atoms. The van der Waals surface area contributed by atoms with E-state index in [1.165, 1.54) is 19.3 Å². The summed E-state index contributed by atoms with van der Waals surface area (Å²) in [4.78, 5) is 12.0. The number of nitrogens with zero attached hydrogens (tertiary/aromatic N) is 3. The van der Waals surface area contributed by atoms with Gasteiger partial charge in [-0.1, -0.05) is 5.21 Å². The van der Waals surface area contributed by atoms with E-state index >= 15 is 0 Å². The minimum absolute atomic E-state index is 0.196. The number of aromatic nitrogens is 4. The summed E-state index contributed by atoms with van der Waals surface area (Å²) in [6, 6.07) is 0. The van der Waals surface area contributed by atoms with E-state index in [1.54, 1.807) is 0 Å². The van der Waals surface area contributed by atoms with Crippen LogP contribution in [-0.4, -0.2) is 26.5 Å². The number of aromatic amines is 1. The molecule has 3 fully saturated rings. The molecule has 1 amide bonds. The molecule has 3 aliphatic carbocycles. The van der Waals surface area contributed by atoms with Crippen LogP contribution in [0.25, 0.3) is 0 Å². The Hall–Kier alpha value is -1.46. The second-order valence-electron chi connectivity index (χ2n) is 5.56. The van der Waals surface area contributed by atoms with Crippen LogP contribution >= 0.6 is 0 Å². The van der Waals surface area contributed by atoms with Crippen molar-refractivity contribution in [2.24, 2.45) is 29.6 Å². The molecule has 17 heavy (non-hydrogen) atoms. The zero-order valence-corrected chi connectivity index (χ0v) is 9.47. The third-order valence-electron chi connectivity index (χ3n) is 4.85. The van der Waals surface area contributed by atoms with Gasteiger partial charge < -0.3 is 5.32 Å². The highest BCUT2D eigenvalue weighted by molar-refractivity contribution is 5.82. The van der Waals surface area contributed by atoms with Crippen LogP contribution in [0.3, 0.4) is 0 Å². The number of carbonyl (C=O) groups excluding carboxylic acids is 1. The van der Waals surface area contributed by atoms with Crippen LogP contribution in [0, 0.1) is 29.6 Å². The Balaban J connectivity index is 1.37. The summed E-state index contributed by atoms with van der Waals surface area (Å²) in [5.74, 6) is 4.09. The number of H-pyrrole nitrogens is 1. The highest BCUT2D eigenvalue weighted by atomic mass is 16.2. The smallest absolute Gasteiger partial charge is 0.224 e. The van der Waals surface area contributed by atoms with Gasteiger partial charge in [0.2, 0.25) is 5.91 Å². The predicted molar refractivity (Wildman–Crippen MR) is 57.3 cm³/mol. The Morgan fingerprint density at radius 3 is 2.76 bits per heavy atom. The Kier molecular flexibility index (Phi) is 1.84. The molecule has 0 spiro atoms. The number of fused-ring (bicyclic) bond motifs is 5. The van der Waals surface area contributed by atoms with Crippen molar-refractivity contribution in [3.05, 3.63) is 5.82 Å². The fraction of sp³-hybridized carbons (Fsp3) is 0.818. The van der Waals surface area contributed by atoms with E-state index in [0.29, 0.717) is 24.2 Å². The van der Waals surface area contributed by atoms with Gasteiger partial charge in [-0.05, 0) is 42.9 Å². The van der Waals surface area contributed by atoms with Crippen molar-refractivity contribution in [3.63, 3.8) is 0 Å². The highest BCUT2D eigenvalue weighted by Gasteiger charge is 2.67. The Morgan fingerprint density at radius 2 is 2.12 bits per heavy atom. The molecule has 1 aromatic heterocycles. The maximum atomic E-state index is 12.0. The van der Waals surface area contributed by atoms with Gasteiger partial charge in [-0.25, -0.2) is 0 Å². The van der Waals surface area contributed by atoms with E-state index in [1.807, 2.05) is 0 Å². The van der Waals surface area contributed by atoms with Crippen molar-refractivity contribution in [2.75, 3.05) is 0 Å². The lowest BCUT2D eigenvalue weighted by Crippen LogP contribution is -2.27. The third-order valence-corrected chi connectivity index (χ3v) is 4.85. The maximum absolute atomic E-state index is 12.0. The first-order valence-corrected chi connectivity index (χ1v) is 6.34. The predicted octanol–water partition coefficient (Wildman–Crippen LogP) is 0.108. The molecular formula is C11H15N5O. The summed E-state index contributed by atoms with van der Waals surface area (Å²) in [7, 11) is 0. The molecule has 1 aromatic rings. The van der Waals surface area contributed by atoms with Crippen molar-refractivity contribution in [2.45, 2.75) is 25.8 Å². The quantitative estimate of drug-likeness (QED) is 0.776. The Morgan fingerprint density at radius 1 is 1.35 bits per heavy atom.